The zero-order valence-electron chi connectivity index (χ0n) is 6.09. The van der Waals surface area contributed by atoms with Gasteiger partial charge >= 0.3 is 0 Å². The van der Waals surface area contributed by atoms with Gasteiger partial charge in [-0.05, 0) is 18.4 Å². The van der Waals surface area contributed by atoms with Gasteiger partial charge in [-0.2, -0.15) is 0 Å². The van der Waals surface area contributed by atoms with Gasteiger partial charge in [0, 0.05) is 4.91 Å². The Hall–Kier alpha value is -0.770. The van der Waals surface area contributed by atoms with Crippen LogP contribution in [0.4, 0.5) is 0 Å². The zero-order chi connectivity index (χ0) is 8.27. The van der Waals surface area contributed by atoms with Gasteiger partial charge in [0.05, 0.1) is 18.2 Å². The second kappa shape index (κ2) is 3.57. The monoisotopic (exact) mass is 157 g/mol. The fourth-order valence-corrected chi connectivity index (χ4v) is 1.33. The maximum Gasteiger partial charge on any atom is 0.0883 e. The second-order valence-corrected chi connectivity index (χ2v) is 2.76. The van der Waals surface area contributed by atoms with Crippen LogP contribution in [-0.2, 0) is 0 Å². The van der Waals surface area contributed by atoms with E-state index >= 15 is 0 Å². The summed E-state index contributed by atoms with van der Waals surface area (Å²) in [6, 6.07) is -0.441. The van der Waals surface area contributed by atoms with E-state index in [4.69, 9.17) is 10.6 Å². The summed E-state index contributed by atoms with van der Waals surface area (Å²) in [6.07, 6.45) is 0.474. The molecule has 2 N–H and O–H groups in total. The van der Waals surface area contributed by atoms with Crippen LogP contribution < -0.4 is 0 Å². The molecule has 0 bridgehead atoms. The Kier molecular flexibility index (Phi) is 2.70. The van der Waals surface area contributed by atoms with Gasteiger partial charge in [0.1, 0.15) is 0 Å². The molecule has 1 rings (SSSR count). The summed E-state index contributed by atoms with van der Waals surface area (Å²) in [7, 11) is 0. The van der Waals surface area contributed by atoms with Crippen LogP contribution in [0.2, 0.25) is 0 Å². The Morgan fingerprint density at radius 1 is 1.36 bits per heavy atom. The zero-order valence-corrected chi connectivity index (χ0v) is 6.09. The SMILES string of the molecule is [N-]=[N+]=NC1CCCC(O)C1O. The normalized spacial score (nSPS) is 37.8. The molecule has 0 radical (unpaired) electrons. The number of azide groups is 1. The third-order valence-electron chi connectivity index (χ3n) is 1.99. The highest BCUT2D eigenvalue weighted by molar-refractivity contribution is 4.86. The maximum absolute atomic E-state index is 9.25. The predicted octanol–water partition coefficient (Wildman–Crippen LogP) is 0.571. The lowest BCUT2D eigenvalue weighted by molar-refractivity contribution is -0.0204. The van der Waals surface area contributed by atoms with Crippen molar-refractivity contribution in [2.45, 2.75) is 37.5 Å². The fourth-order valence-electron chi connectivity index (χ4n) is 1.33. The first-order valence-electron chi connectivity index (χ1n) is 3.66. The van der Waals surface area contributed by atoms with Gasteiger partial charge in [-0.1, -0.05) is 11.5 Å². The first-order valence-corrected chi connectivity index (χ1v) is 3.66. The standard InChI is InChI=1S/C6H11N3O2/c7-9-8-4-2-1-3-5(10)6(4)11/h4-6,10-11H,1-3H2. The van der Waals surface area contributed by atoms with Crippen molar-refractivity contribution in [3.63, 3.8) is 0 Å². The van der Waals surface area contributed by atoms with E-state index in [2.05, 4.69) is 10.0 Å². The number of hydrogen-bond donors (Lipinski definition) is 2. The van der Waals surface area contributed by atoms with Gasteiger partial charge in [0.2, 0.25) is 0 Å². The van der Waals surface area contributed by atoms with E-state index in [1.165, 1.54) is 0 Å². The average Bonchev–Trinajstić information content (AvgIpc) is 1.99. The number of hydrogen-bond acceptors (Lipinski definition) is 3. The van der Waals surface area contributed by atoms with Crippen molar-refractivity contribution in [1.29, 1.82) is 0 Å². The van der Waals surface area contributed by atoms with E-state index in [1.54, 1.807) is 0 Å². The van der Waals surface area contributed by atoms with Crippen LogP contribution >= 0.6 is 0 Å². The third kappa shape index (κ3) is 1.83. The molecular weight excluding hydrogens is 146 g/mol. The summed E-state index contributed by atoms with van der Waals surface area (Å²) in [5, 5.41) is 21.8. The Morgan fingerprint density at radius 3 is 2.73 bits per heavy atom. The van der Waals surface area contributed by atoms with Crippen molar-refractivity contribution in [2.75, 3.05) is 0 Å². The Bertz CT molecular complexity index is 179. The molecule has 3 atom stereocenters. The second-order valence-electron chi connectivity index (χ2n) is 2.76. The van der Waals surface area contributed by atoms with Gasteiger partial charge in [-0.3, -0.25) is 0 Å². The molecule has 62 valence electrons. The Balaban J connectivity index is 2.57. The molecule has 3 unspecified atom stereocenters. The van der Waals surface area contributed by atoms with Crippen LogP contribution in [0.1, 0.15) is 19.3 Å². The molecule has 1 aliphatic carbocycles. The van der Waals surface area contributed by atoms with Crippen molar-refractivity contribution in [3.05, 3.63) is 10.4 Å². The molecule has 0 amide bonds. The Labute approximate surface area is 64.3 Å². The molecule has 0 aromatic rings. The van der Waals surface area contributed by atoms with Crippen molar-refractivity contribution in [3.8, 4) is 0 Å². The molecule has 5 heteroatoms. The molecule has 1 fully saturated rings. The summed E-state index contributed by atoms with van der Waals surface area (Å²) in [4.78, 5) is 2.60. The van der Waals surface area contributed by atoms with Crippen molar-refractivity contribution < 1.29 is 10.2 Å². The highest BCUT2D eigenvalue weighted by Gasteiger charge is 2.29. The first-order chi connectivity index (χ1) is 5.25. The van der Waals surface area contributed by atoms with Crippen molar-refractivity contribution >= 4 is 0 Å². The van der Waals surface area contributed by atoms with E-state index in [0.29, 0.717) is 12.8 Å². The lowest BCUT2D eigenvalue weighted by Crippen LogP contribution is -2.39. The van der Waals surface area contributed by atoms with E-state index in [-0.39, 0.29) is 0 Å². The molecule has 1 aliphatic rings. The smallest absolute Gasteiger partial charge is 0.0883 e. The van der Waals surface area contributed by atoms with E-state index in [9.17, 15) is 5.11 Å². The number of rotatable bonds is 1. The van der Waals surface area contributed by atoms with Crippen molar-refractivity contribution in [2.24, 2.45) is 5.11 Å². The van der Waals surface area contributed by atoms with E-state index < -0.39 is 18.2 Å². The molecule has 0 heterocycles. The van der Waals surface area contributed by atoms with E-state index in [0.717, 1.165) is 6.42 Å². The molecule has 0 spiro atoms. The van der Waals surface area contributed by atoms with E-state index in [1.807, 2.05) is 0 Å². The molecule has 0 saturated heterocycles. The number of aliphatic hydroxyl groups is 2. The lowest BCUT2D eigenvalue weighted by atomic mass is 9.91. The average molecular weight is 157 g/mol. The third-order valence-corrected chi connectivity index (χ3v) is 1.99. The molecule has 0 aromatic carbocycles. The van der Waals surface area contributed by atoms with Gasteiger partial charge in [-0.25, -0.2) is 0 Å². The van der Waals surface area contributed by atoms with Crippen LogP contribution in [0.25, 0.3) is 10.4 Å². The first kappa shape index (κ1) is 8.33. The predicted molar refractivity (Wildman–Crippen MR) is 38.8 cm³/mol. The summed E-state index contributed by atoms with van der Waals surface area (Å²) in [5.74, 6) is 0. The van der Waals surface area contributed by atoms with Gasteiger partial charge in [0.25, 0.3) is 0 Å². The largest absolute Gasteiger partial charge is 0.390 e. The minimum atomic E-state index is -0.875. The molecule has 0 aliphatic heterocycles. The molecule has 1 saturated carbocycles. The topological polar surface area (TPSA) is 89.2 Å². The van der Waals surface area contributed by atoms with Gasteiger partial charge < -0.3 is 10.2 Å². The summed E-state index contributed by atoms with van der Waals surface area (Å²) < 4.78 is 0. The lowest BCUT2D eigenvalue weighted by Gasteiger charge is -2.28. The summed E-state index contributed by atoms with van der Waals surface area (Å²) in [6.45, 7) is 0. The molecule has 0 aromatic heterocycles. The Morgan fingerprint density at radius 2 is 2.09 bits per heavy atom. The summed E-state index contributed by atoms with van der Waals surface area (Å²) >= 11 is 0. The highest BCUT2D eigenvalue weighted by atomic mass is 16.3. The van der Waals surface area contributed by atoms with Crippen LogP contribution in [0, 0.1) is 0 Å². The minimum absolute atomic E-state index is 0.441. The van der Waals surface area contributed by atoms with Crippen LogP contribution in [0.3, 0.4) is 0 Å². The minimum Gasteiger partial charge on any atom is -0.390 e. The number of nitrogens with zero attached hydrogens (tertiary/aromatic N) is 3. The fraction of sp³-hybridized carbons (Fsp3) is 1.00. The molecular formula is C6H11N3O2. The van der Waals surface area contributed by atoms with Gasteiger partial charge in [-0.15, -0.1) is 0 Å². The van der Waals surface area contributed by atoms with Crippen LogP contribution in [0.5, 0.6) is 0 Å². The molecule has 5 nitrogen and oxygen atoms in total. The summed E-state index contributed by atoms with van der Waals surface area (Å²) in [5.41, 5.74) is 8.09. The quantitative estimate of drug-likeness (QED) is 0.331. The van der Waals surface area contributed by atoms with Crippen molar-refractivity contribution in [1.82, 2.24) is 0 Å². The highest BCUT2D eigenvalue weighted by Crippen LogP contribution is 2.21. The number of aliphatic hydroxyl groups excluding tert-OH is 2. The van der Waals surface area contributed by atoms with Gasteiger partial charge in [0.15, 0.2) is 0 Å². The molecule has 11 heavy (non-hydrogen) atoms. The maximum atomic E-state index is 9.25. The van der Waals surface area contributed by atoms with Crippen LogP contribution in [-0.4, -0.2) is 28.5 Å². The van der Waals surface area contributed by atoms with Crippen LogP contribution in [0.15, 0.2) is 5.11 Å².